The number of carbonyl (C=O) groups excluding carboxylic acids is 1. The summed E-state index contributed by atoms with van der Waals surface area (Å²) in [5.41, 5.74) is -0.418. The van der Waals surface area contributed by atoms with Crippen LogP contribution in [-0.2, 0) is 4.79 Å². The lowest BCUT2D eigenvalue weighted by Crippen LogP contribution is -2.19. The molecule has 0 aliphatic heterocycles. The van der Waals surface area contributed by atoms with Crippen LogP contribution in [0.5, 0.6) is 5.75 Å². The third kappa shape index (κ3) is 6.31. The average molecular weight is 303 g/mol. The molecule has 0 unspecified atom stereocenters. The van der Waals surface area contributed by atoms with Crippen LogP contribution in [0, 0.1) is 5.41 Å². The topological polar surface area (TPSA) is 26.3 Å². The van der Waals surface area contributed by atoms with Gasteiger partial charge < -0.3 is 4.74 Å². The molecule has 0 fully saturated rings. The van der Waals surface area contributed by atoms with E-state index in [0.717, 1.165) is 31.4 Å². The Balaban J connectivity index is 2.12. The van der Waals surface area contributed by atoms with E-state index in [-0.39, 0.29) is 5.24 Å². The van der Waals surface area contributed by atoms with Crippen molar-refractivity contribution < 1.29 is 9.53 Å². The fraction of sp³-hybridized carbons (Fsp3) is 0.533. The Labute approximate surface area is 125 Å². The third-order valence-corrected chi connectivity index (χ3v) is 3.82. The summed E-state index contributed by atoms with van der Waals surface area (Å²) >= 11 is 11.3. The summed E-state index contributed by atoms with van der Waals surface area (Å²) in [4.78, 5) is 11.1. The SMILES string of the molecule is CC(C)(CCCCCOc1ccc(Cl)cc1)C(=O)Cl. The van der Waals surface area contributed by atoms with Crippen LogP contribution in [-0.4, -0.2) is 11.8 Å². The van der Waals surface area contributed by atoms with Crippen molar-refractivity contribution >= 4 is 28.4 Å². The zero-order valence-electron chi connectivity index (χ0n) is 11.4. The van der Waals surface area contributed by atoms with Crippen LogP contribution >= 0.6 is 23.2 Å². The van der Waals surface area contributed by atoms with Gasteiger partial charge in [0, 0.05) is 10.4 Å². The molecule has 0 radical (unpaired) electrons. The van der Waals surface area contributed by atoms with Crippen molar-refractivity contribution in [2.75, 3.05) is 6.61 Å². The Morgan fingerprint density at radius 1 is 1.16 bits per heavy atom. The Morgan fingerprint density at radius 3 is 2.37 bits per heavy atom. The van der Waals surface area contributed by atoms with Crippen molar-refractivity contribution in [3.8, 4) is 5.75 Å². The minimum Gasteiger partial charge on any atom is -0.494 e. The number of benzene rings is 1. The van der Waals surface area contributed by atoms with E-state index in [4.69, 9.17) is 27.9 Å². The minimum absolute atomic E-state index is 0.259. The molecule has 106 valence electrons. The molecule has 0 heterocycles. The van der Waals surface area contributed by atoms with Gasteiger partial charge in [-0.2, -0.15) is 0 Å². The van der Waals surface area contributed by atoms with Crippen LogP contribution in [0.4, 0.5) is 0 Å². The second kappa shape index (κ2) is 7.76. The molecule has 19 heavy (non-hydrogen) atoms. The van der Waals surface area contributed by atoms with Gasteiger partial charge in [-0.15, -0.1) is 0 Å². The number of ether oxygens (including phenoxy) is 1. The fourth-order valence-corrected chi connectivity index (χ4v) is 1.89. The Hall–Kier alpha value is -0.730. The van der Waals surface area contributed by atoms with Crippen molar-refractivity contribution in [2.45, 2.75) is 39.5 Å². The maximum atomic E-state index is 11.1. The van der Waals surface area contributed by atoms with E-state index in [1.807, 2.05) is 38.1 Å². The van der Waals surface area contributed by atoms with E-state index in [1.54, 1.807) is 0 Å². The van der Waals surface area contributed by atoms with Gasteiger partial charge in [0.05, 0.1) is 6.61 Å². The van der Waals surface area contributed by atoms with Crippen molar-refractivity contribution in [1.82, 2.24) is 0 Å². The zero-order chi connectivity index (χ0) is 14.3. The molecule has 0 saturated heterocycles. The van der Waals surface area contributed by atoms with Gasteiger partial charge in [-0.3, -0.25) is 4.79 Å². The second-order valence-electron chi connectivity index (χ2n) is 5.27. The molecule has 0 saturated carbocycles. The smallest absolute Gasteiger partial charge is 0.227 e. The first-order valence-corrected chi connectivity index (χ1v) is 7.26. The molecule has 0 amide bonds. The number of hydrogen-bond acceptors (Lipinski definition) is 2. The van der Waals surface area contributed by atoms with Gasteiger partial charge in [-0.25, -0.2) is 0 Å². The Morgan fingerprint density at radius 2 is 1.79 bits per heavy atom. The van der Waals surface area contributed by atoms with Crippen LogP contribution in [0.3, 0.4) is 0 Å². The predicted octanol–water partition coefficient (Wildman–Crippen LogP) is 5.07. The first-order chi connectivity index (χ1) is 8.92. The lowest BCUT2D eigenvalue weighted by Gasteiger charge is -2.18. The summed E-state index contributed by atoms with van der Waals surface area (Å²) in [5.74, 6) is 0.834. The predicted molar refractivity (Wildman–Crippen MR) is 80.1 cm³/mol. The van der Waals surface area contributed by atoms with Crippen molar-refractivity contribution in [1.29, 1.82) is 0 Å². The highest BCUT2D eigenvalue weighted by molar-refractivity contribution is 6.64. The number of carbonyl (C=O) groups is 1. The maximum Gasteiger partial charge on any atom is 0.227 e. The van der Waals surface area contributed by atoms with E-state index >= 15 is 0 Å². The van der Waals surface area contributed by atoms with Gasteiger partial charge in [0.25, 0.3) is 0 Å². The molecule has 0 aromatic heterocycles. The van der Waals surface area contributed by atoms with Gasteiger partial charge in [0.1, 0.15) is 5.75 Å². The highest BCUT2D eigenvalue weighted by atomic mass is 35.5. The van der Waals surface area contributed by atoms with Crippen LogP contribution < -0.4 is 4.74 Å². The Kier molecular flexibility index (Phi) is 6.67. The van der Waals surface area contributed by atoms with Gasteiger partial charge in [0.15, 0.2) is 0 Å². The first kappa shape index (κ1) is 16.3. The number of hydrogen-bond donors (Lipinski definition) is 0. The van der Waals surface area contributed by atoms with Crippen LogP contribution in [0.2, 0.25) is 5.02 Å². The number of rotatable bonds is 8. The third-order valence-electron chi connectivity index (χ3n) is 3.06. The van der Waals surface area contributed by atoms with E-state index in [1.165, 1.54) is 0 Å². The molecule has 2 nitrogen and oxygen atoms in total. The minimum atomic E-state index is -0.418. The highest BCUT2D eigenvalue weighted by Gasteiger charge is 2.24. The van der Waals surface area contributed by atoms with E-state index < -0.39 is 5.41 Å². The van der Waals surface area contributed by atoms with Crippen LogP contribution in [0.25, 0.3) is 0 Å². The van der Waals surface area contributed by atoms with Gasteiger partial charge >= 0.3 is 0 Å². The monoisotopic (exact) mass is 302 g/mol. The van der Waals surface area contributed by atoms with Gasteiger partial charge in [0.2, 0.25) is 5.24 Å². The molecule has 0 aliphatic rings. The van der Waals surface area contributed by atoms with Crippen LogP contribution in [0.1, 0.15) is 39.5 Å². The van der Waals surface area contributed by atoms with E-state index in [0.29, 0.717) is 11.6 Å². The highest BCUT2D eigenvalue weighted by Crippen LogP contribution is 2.26. The second-order valence-corrected chi connectivity index (χ2v) is 6.05. The van der Waals surface area contributed by atoms with Crippen LogP contribution in [0.15, 0.2) is 24.3 Å². The molecule has 0 N–H and O–H groups in total. The lowest BCUT2D eigenvalue weighted by molar-refractivity contribution is -0.119. The molecular formula is C15H20Cl2O2. The molecule has 0 spiro atoms. The summed E-state index contributed by atoms with van der Waals surface area (Å²) in [6, 6.07) is 7.34. The maximum absolute atomic E-state index is 11.1. The van der Waals surface area contributed by atoms with E-state index in [9.17, 15) is 4.79 Å². The van der Waals surface area contributed by atoms with Gasteiger partial charge in [-0.1, -0.05) is 38.3 Å². The molecule has 1 rings (SSSR count). The summed E-state index contributed by atoms with van der Waals surface area (Å²) < 4.78 is 5.59. The molecular weight excluding hydrogens is 283 g/mol. The van der Waals surface area contributed by atoms with E-state index in [2.05, 4.69) is 0 Å². The summed E-state index contributed by atoms with van der Waals surface area (Å²) in [5, 5.41) is 0.449. The fourth-order valence-electron chi connectivity index (χ4n) is 1.66. The van der Waals surface area contributed by atoms with Crippen molar-refractivity contribution in [2.24, 2.45) is 5.41 Å². The lowest BCUT2D eigenvalue weighted by atomic mass is 9.88. The number of halogens is 2. The van der Waals surface area contributed by atoms with Crippen molar-refractivity contribution in [3.05, 3.63) is 29.3 Å². The molecule has 0 aliphatic carbocycles. The quantitative estimate of drug-likeness (QED) is 0.495. The standard InChI is InChI=1S/C15H20Cl2O2/c1-15(2,14(17)18)10-4-3-5-11-19-13-8-6-12(16)7-9-13/h6-9H,3-5,10-11H2,1-2H3. The summed E-state index contributed by atoms with van der Waals surface area (Å²) in [6.07, 6.45) is 3.79. The molecule has 1 aromatic rings. The summed E-state index contributed by atoms with van der Waals surface area (Å²) in [7, 11) is 0. The summed E-state index contributed by atoms with van der Waals surface area (Å²) in [6.45, 7) is 4.44. The number of unbranched alkanes of at least 4 members (excludes halogenated alkanes) is 2. The first-order valence-electron chi connectivity index (χ1n) is 6.50. The molecule has 0 atom stereocenters. The Bertz CT molecular complexity index is 399. The molecule has 4 heteroatoms. The molecule has 1 aromatic carbocycles. The average Bonchev–Trinajstić information content (AvgIpc) is 2.35. The molecule has 0 bridgehead atoms. The van der Waals surface area contributed by atoms with Crippen molar-refractivity contribution in [3.63, 3.8) is 0 Å². The normalized spacial score (nSPS) is 11.4. The largest absolute Gasteiger partial charge is 0.494 e. The van der Waals surface area contributed by atoms with Gasteiger partial charge in [-0.05, 0) is 48.7 Å². The zero-order valence-corrected chi connectivity index (χ0v) is 12.9.